The van der Waals surface area contributed by atoms with E-state index in [0.29, 0.717) is 0 Å². The Hall–Kier alpha value is -1.77. The number of nitrogens with one attached hydrogen (secondary N) is 1. The van der Waals surface area contributed by atoms with Gasteiger partial charge in [-0.05, 0) is 31.0 Å². The van der Waals surface area contributed by atoms with Gasteiger partial charge in [0, 0.05) is 17.8 Å². The van der Waals surface area contributed by atoms with Crippen molar-refractivity contribution in [3.63, 3.8) is 0 Å². The largest absolute Gasteiger partial charge is 0.398 e. The smallest absolute Gasteiger partial charge is 0.0698 e. The van der Waals surface area contributed by atoms with Crippen molar-refractivity contribution in [2.24, 2.45) is 0 Å². The summed E-state index contributed by atoms with van der Waals surface area (Å²) in [6.45, 7) is 4.10. The number of rotatable bonds is 2. The Balaban J connectivity index is 2.30. The Morgan fingerprint density at radius 1 is 1.27 bits per heavy atom. The minimum absolute atomic E-state index is 0.794. The Kier molecular flexibility index (Phi) is 2.46. The zero-order valence-corrected chi connectivity index (χ0v) is 9.04. The highest BCUT2D eigenvalue weighted by Gasteiger charge is 2.07. The van der Waals surface area contributed by atoms with Gasteiger partial charge in [-0.15, -0.1) is 0 Å². The van der Waals surface area contributed by atoms with E-state index in [0.717, 1.165) is 29.1 Å². The number of aryl methyl sites for hydroxylation is 1. The Labute approximate surface area is 89.3 Å². The molecule has 78 valence electrons. The summed E-state index contributed by atoms with van der Waals surface area (Å²) in [5, 5.41) is 7.26. The minimum atomic E-state index is 0.794. The minimum Gasteiger partial charge on any atom is -0.398 e. The molecule has 0 atom stereocenters. The molecule has 0 bridgehead atoms. The number of aromatic amines is 1. The van der Waals surface area contributed by atoms with E-state index < -0.39 is 0 Å². The highest BCUT2D eigenvalue weighted by Crippen LogP contribution is 2.17. The molecule has 1 aromatic heterocycles. The molecule has 0 radical (unpaired) electrons. The summed E-state index contributed by atoms with van der Waals surface area (Å²) in [5.41, 5.74) is 11.3. The molecule has 2 rings (SSSR count). The predicted molar refractivity (Wildman–Crippen MR) is 61.7 cm³/mol. The number of nitrogen functional groups attached to an aromatic ring is 1. The summed E-state index contributed by atoms with van der Waals surface area (Å²) < 4.78 is 0. The molecule has 0 unspecified atom stereocenters. The van der Waals surface area contributed by atoms with Crippen molar-refractivity contribution in [2.75, 3.05) is 5.73 Å². The van der Waals surface area contributed by atoms with Crippen LogP contribution in [0, 0.1) is 13.8 Å². The molecule has 3 N–H and O–H groups in total. The SMILES string of the molecule is Cc1[nH]nc(Cc2ccccc2N)c1C. The molecule has 0 saturated carbocycles. The lowest BCUT2D eigenvalue weighted by Crippen LogP contribution is -1.96. The van der Waals surface area contributed by atoms with Gasteiger partial charge < -0.3 is 5.73 Å². The number of aromatic nitrogens is 2. The summed E-state index contributed by atoms with van der Waals surface area (Å²) in [4.78, 5) is 0. The third-order valence-electron chi connectivity index (χ3n) is 2.77. The molecule has 0 aliphatic carbocycles. The number of benzene rings is 1. The first-order valence-corrected chi connectivity index (χ1v) is 5.02. The van der Waals surface area contributed by atoms with E-state index in [1.54, 1.807) is 0 Å². The van der Waals surface area contributed by atoms with Crippen LogP contribution in [0.4, 0.5) is 5.69 Å². The molecule has 0 spiro atoms. The van der Waals surface area contributed by atoms with Gasteiger partial charge in [0.15, 0.2) is 0 Å². The average molecular weight is 201 g/mol. The normalized spacial score (nSPS) is 10.5. The number of nitrogens with zero attached hydrogens (tertiary/aromatic N) is 1. The maximum atomic E-state index is 5.89. The van der Waals surface area contributed by atoms with E-state index in [1.165, 1.54) is 5.56 Å². The molecule has 0 aliphatic heterocycles. The standard InChI is InChI=1S/C12H15N3/c1-8-9(2)14-15-12(8)7-10-5-3-4-6-11(10)13/h3-6H,7,13H2,1-2H3,(H,14,15). The van der Waals surface area contributed by atoms with Crippen LogP contribution < -0.4 is 5.73 Å². The average Bonchev–Trinajstić information content (AvgIpc) is 2.53. The highest BCUT2D eigenvalue weighted by atomic mass is 15.1. The van der Waals surface area contributed by atoms with Crippen LogP contribution in [0.25, 0.3) is 0 Å². The van der Waals surface area contributed by atoms with Gasteiger partial charge in [0.25, 0.3) is 0 Å². The molecule has 1 aromatic carbocycles. The fourth-order valence-corrected chi connectivity index (χ4v) is 1.58. The molecule has 0 aliphatic rings. The number of para-hydroxylation sites is 1. The summed E-state index contributed by atoms with van der Waals surface area (Å²) in [5.74, 6) is 0. The third kappa shape index (κ3) is 1.86. The molecule has 3 heteroatoms. The van der Waals surface area contributed by atoms with E-state index >= 15 is 0 Å². The van der Waals surface area contributed by atoms with Crippen LogP contribution in [-0.2, 0) is 6.42 Å². The van der Waals surface area contributed by atoms with Gasteiger partial charge in [-0.2, -0.15) is 5.10 Å². The topological polar surface area (TPSA) is 54.7 Å². The summed E-state index contributed by atoms with van der Waals surface area (Å²) in [6, 6.07) is 7.91. The molecule has 0 amide bonds. The number of nitrogens with two attached hydrogens (primary N) is 1. The maximum absolute atomic E-state index is 5.89. The molecule has 3 nitrogen and oxygen atoms in total. The van der Waals surface area contributed by atoms with Crippen molar-refractivity contribution < 1.29 is 0 Å². The van der Waals surface area contributed by atoms with Crippen LogP contribution in [0.1, 0.15) is 22.5 Å². The monoisotopic (exact) mass is 201 g/mol. The van der Waals surface area contributed by atoms with Crippen molar-refractivity contribution in [2.45, 2.75) is 20.3 Å². The van der Waals surface area contributed by atoms with Gasteiger partial charge in [-0.3, -0.25) is 5.10 Å². The lowest BCUT2D eigenvalue weighted by atomic mass is 10.0. The lowest BCUT2D eigenvalue weighted by molar-refractivity contribution is 0.979. The van der Waals surface area contributed by atoms with Gasteiger partial charge in [0.1, 0.15) is 0 Å². The zero-order chi connectivity index (χ0) is 10.8. The van der Waals surface area contributed by atoms with Crippen LogP contribution in [0.5, 0.6) is 0 Å². The summed E-state index contributed by atoms with van der Waals surface area (Å²) in [6.07, 6.45) is 0.794. The summed E-state index contributed by atoms with van der Waals surface area (Å²) >= 11 is 0. The highest BCUT2D eigenvalue weighted by molar-refractivity contribution is 5.48. The van der Waals surface area contributed by atoms with Crippen LogP contribution in [-0.4, -0.2) is 10.2 Å². The van der Waals surface area contributed by atoms with E-state index in [2.05, 4.69) is 17.1 Å². The van der Waals surface area contributed by atoms with E-state index in [9.17, 15) is 0 Å². The van der Waals surface area contributed by atoms with Crippen LogP contribution in [0.15, 0.2) is 24.3 Å². The fraction of sp³-hybridized carbons (Fsp3) is 0.250. The van der Waals surface area contributed by atoms with Crippen LogP contribution in [0.2, 0.25) is 0 Å². The molecule has 15 heavy (non-hydrogen) atoms. The Morgan fingerprint density at radius 2 is 2.00 bits per heavy atom. The molecule has 2 aromatic rings. The van der Waals surface area contributed by atoms with E-state index in [-0.39, 0.29) is 0 Å². The van der Waals surface area contributed by atoms with Crippen LogP contribution in [0.3, 0.4) is 0 Å². The van der Waals surface area contributed by atoms with Gasteiger partial charge in [-0.25, -0.2) is 0 Å². The van der Waals surface area contributed by atoms with Gasteiger partial charge in [0.05, 0.1) is 5.69 Å². The van der Waals surface area contributed by atoms with Gasteiger partial charge in [-0.1, -0.05) is 18.2 Å². The molecule has 1 heterocycles. The summed E-state index contributed by atoms with van der Waals surface area (Å²) in [7, 11) is 0. The van der Waals surface area contributed by atoms with E-state index in [1.807, 2.05) is 31.2 Å². The van der Waals surface area contributed by atoms with Gasteiger partial charge >= 0.3 is 0 Å². The zero-order valence-electron chi connectivity index (χ0n) is 9.04. The third-order valence-corrected chi connectivity index (χ3v) is 2.77. The lowest BCUT2D eigenvalue weighted by Gasteiger charge is -2.03. The number of H-pyrrole nitrogens is 1. The molecule has 0 saturated heterocycles. The number of anilines is 1. The first-order chi connectivity index (χ1) is 7.18. The second-order valence-corrected chi connectivity index (χ2v) is 3.80. The van der Waals surface area contributed by atoms with E-state index in [4.69, 9.17) is 5.73 Å². The maximum Gasteiger partial charge on any atom is 0.0698 e. The second-order valence-electron chi connectivity index (χ2n) is 3.80. The Morgan fingerprint density at radius 3 is 2.60 bits per heavy atom. The van der Waals surface area contributed by atoms with Crippen molar-refractivity contribution in [3.05, 3.63) is 46.8 Å². The fourth-order valence-electron chi connectivity index (χ4n) is 1.58. The first-order valence-electron chi connectivity index (χ1n) is 5.02. The van der Waals surface area contributed by atoms with Crippen molar-refractivity contribution >= 4 is 5.69 Å². The van der Waals surface area contributed by atoms with Crippen molar-refractivity contribution in [3.8, 4) is 0 Å². The first kappa shape index (κ1) is 9.77. The molecular formula is C12H15N3. The van der Waals surface area contributed by atoms with Gasteiger partial charge in [0.2, 0.25) is 0 Å². The number of hydrogen-bond donors (Lipinski definition) is 2. The second kappa shape index (κ2) is 3.77. The quantitative estimate of drug-likeness (QED) is 0.732. The van der Waals surface area contributed by atoms with Crippen molar-refractivity contribution in [1.82, 2.24) is 10.2 Å². The predicted octanol–water partition coefficient (Wildman–Crippen LogP) is 2.20. The Bertz CT molecular complexity index is 471. The van der Waals surface area contributed by atoms with Crippen LogP contribution >= 0.6 is 0 Å². The van der Waals surface area contributed by atoms with Crippen molar-refractivity contribution in [1.29, 1.82) is 0 Å². The molecule has 0 fully saturated rings. The molecular weight excluding hydrogens is 186 g/mol. The number of hydrogen-bond acceptors (Lipinski definition) is 2.